The number of nitrogen functional groups attached to an aromatic ring is 1. The van der Waals surface area contributed by atoms with Crippen molar-refractivity contribution >= 4 is 23.3 Å². The van der Waals surface area contributed by atoms with E-state index < -0.39 is 0 Å². The highest BCUT2D eigenvalue weighted by molar-refractivity contribution is 6.30. The molecule has 0 saturated heterocycles. The molecular formula is C22H26ClNO4. The first-order valence-electron chi connectivity index (χ1n) is 9.73. The second-order valence-electron chi connectivity index (χ2n) is 6.92. The minimum Gasteiger partial charge on any atom is -0.493 e. The number of rotatable bonds is 8. The number of esters is 1. The first kappa shape index (κ1) is 20.3. The zero-order valence-corrected chi connectivity index (χ0v) is 16.6. The molecule has 3 rings (SSSR count). The predicted octanol–water partition coefficient (Wildman–Crippen LogP) is 5.26. The second kappa shape index (κ2) is 10.2. The quantitative estimate of drug-likeness (QED) is 0.370. The van der Waals surface area contributed by atoms with Crippen molar-refractivity contribution in [3.05, 3.63) is 53.1 Å². The van der Waals surface area contributed by atoms with Crippen molar-refractivity contribution in [2.24, 2.45) is 0 Å². The van der Waals surface area contributed by atoms with E-state index in [-0.39, 0.29) is 12.1 Å². The van der Waals surface area contributed by atoms with Crippen LogP contribution in [0.1, 0.15) is 48.9 Å². The molecule has 0 atom stereocenters. The molecule has 150 valence electrons. The lowest BCUT2D eigenvalue weighted by Crippen LogP contribution is -2.21. The molecule has 1 aliphatic rings. The number of nitrogens with two attached hydrogens (primary N) is 1. The van der Waals surface area contributed by atoms with Gasteiger partial charge in [0.25, 0.3) is 0 Å². The van der Waals surface area contributed by atoms with Crippen LogP contribution in [0.25, 0.3) is 0 Å². The van der Waals surface area contributed by atoms with Crippen LogP contribution in [0.15, 0.2) is 42.5 Å². The van der Waals surface area contributed by atoms with Crippen molar-refractivity contribution in [3.63, 3.8) is 0 Å². The van der Waals surface area contributed by atoms with Crippen LogP contribution in [-0.2, 0) is 4.74 Å². The Kier molecular flexibility index (Phi) is 7.43. The van der Waals surface area contributed by atoms with Gasteiger partial charge in [0.1, 0.15) is 17.6 Å². The summed E-state index contributed by atoms with van der Waals surface area (Å²) in [5.74, 6) is 0.934. The Balaban J connectivity index is 1.46. The summed E-state index contributed by atoms with van der Waals surface area (Å²) in [5.41, 5.74) is 6.93. The summed E-state index contributed by atoms with van der Waals surface area (Å²) in [6.07, 6.45) is 6.04. The Bertz CT molecular complexity index is 773. The molecule has 2 aromatic rings. The topological polar surface area (TPSA) is 70.8 Å². The number of halogens is 1. The van der Waals surface area contributed by atoms with Gasteiger partial charge in [-0.25, -0.2) is 4.79 Å². The molecule has 5 nitrogen and oxygen atoms in total. The first-order chi connectivity index (χ1) is 13.6. The molecule has 6 heteroatoms. The summed E-state index contributed by atoms with van der Waals surface area (Å²) < 4.78 is 17.0. The van der Waals surface area contributed by atoms with Gasteiger partial charge in [-0.15, -0.1) is 0 Å². The Morgan fingerprint density at radius 1 is 1.00 bits per heavy atom. The van der Waals surface area contributed by atoms with E-state index in [1.54, 1.807) is 30.3 Å². The maximum Gasteiger partial charge on any atom is 0.338 e. The van der Waals surface area contributed by atoms with Crippen LogP contribution < -0.4 is 15.2 Å². The fraction of sp³-hybridized carbons (Fsp3) is 0.409. The van der Waals surface area contributed by atoms with E-state index in [4.69, 9.17) is 31.5 Å². The van der Waals surface area contributed by atoms with Crippen molar-refractivity contribution < 1.29 is 19.0 Å². The number of anilines is 1. The third-order valence-corrected chi connectivity index (χ3v) is 4.96. The van der Waals surface area contributed by atoms with Gasteiger partial charge in [0.15, 0.2) is 0 Å². The van der Waals surface area contributed by atoms with Crippen LogP contribution >= 0.6 is 11.6 Å². The SMILES string of the molecule is Nc1ccc(C(=O)OC2CCCCC2)cc1OCCCOc1ccc(Cl)cc1. The van der Waals surface area contributed by atoms with Gasteiger partial charge in [0.05, 0.1) is 24.5 Å². The molecule has 1 fully saturated rings. The maximum absolute atomic E-state index is 12.4. The Labute approximate surface area is 170 Å². The number of carbonyl (C=O) groups excluding carboxylic acids is 1. The molecule has 1 aliphatic carbocycles. The van der Waals surface area contributed by atoms with Crippen molar-refractivity contribution in [2.45, 2.75) is 44.6 Å². The van der Waals surface area contributed by atoms with Gasteiger partial charge in [-0.05, 0) is 68.1 Å². The number of hydrogen-bond donors (Lipinski definition) is 1. The zero-order chi connectivity index (χ0) is 19.8. The van der Waals surface area contributed by atoms with Crippen LogP contribution in [0.4, 0.5) is 5.69 Å². The summed E-state index contributed by atoms with van der Waals surface area (Å²) in [4.78, 5) is 12.4. The van der Waals surface area contributed by atoms with Crippen LogP contribution in [0.5, 0.6) is 11.5 Å². The largest absolute Gasteiger partial charge is 0.493 e. The van der Waals surface area contributed by atoms with Gasteiger partial charge >= 0.3 is 5.97 Å². The minimum absolute atomic E-state index is 0.0215. The van der Waals surface area contributed by atoms with Crippen LogP contribution in [-0.4, -0.2) is 25.3 Å². The molecule has 0 aromatic heterocycles. The summed E-state index contributed by atoms with van der Waals surface area (Å²) in [6, 6.07) is 12.2. The van der Waals surface area contributed by atoms with Crippen molar-refractivity contribution in [1.29, 1.82) is 0 Å². The van der Waals surface area contributed by atoms with E-state index in [9.17, 15) is 4.79 Å². The van der Waals surface area contributed by atoms with E-state index in [2.05, 4.69) is 0 Å². The third kappa shape index (κ3) is 6.06. The number of hydrogen-bond acceptors (Lipinski definition) is 5. The summed E-state index contributed by atoms with van der Waals surface area (Å²) >= 11 is 5.85. The Morgan fingerprint density at radius 2 is 1.71 bits per heavy atom. The lowest BCUT2D eigenvalue weighted by molar-refractivity contribution is 0.0210. The van der Waals surface area contributed by atoms with Crippen molar-refractivity contribution in [3.8, 4) is 11.5 Å². The van der Waals surface area contributed by atoms with Crippen molar-refractivity contribution in [2.75, 3.05) is 18.9 Å². The van der Waals surface area contributed by atoms with Gasteiger partial charge in [0, 0.05) is 11.4 Å². The first-order valence-corrected chi connectivity index (χ1v) is 10.1. The normalized spacial score (nSPS) is 14.5. The fourth-order valence-electron chi connectivity index (χ4n) is 3.15. The summed E-state index contributed by atoms with van der Waals surface area (Å²) in [6.45, 7) is 0.934. The van der Waals surface area contributed by atoms with Gasteiger partial charge in [0.2, 0.25) is 0 Å². The molecule has 0 bridgehead atoms. The molecular weight excluding hydrogens is 378 g/mol. The minimum atomic E-state index is -0.317. The number of ether oxygens (including phenoxy) is 3. The highest BCUT2D eigenvalue weighted by atomic mass is 35.5. The van der Waals surface area contributed by atoms with Crippen LogP contribution in [0.3, 0.4) is 0 Å². The van der Waals surface area contributed by atoms with Crippen molar-refractivity contribution in [1.82, 2.24) is 0 Å². The van der Waals surface area contributed by atoms with E-state index in [1.165, 1.54) is 6.42 Å². The molecule has 0 heterocycles. The average Bonchev–Trinajstić information content (AvgIpc) is 2.71. The van der Waals surface area contributed by atoms with Gasteiger partial charge in [-0.3, -0.25) is 0 Å². The van der Waals surface area contributed by atoms with Gasteiger partial charge in [-0.1, -0.05) is 18.0 Å². The van der Waals surface area contributed by atoms with Crippen LogP contribution in [0.2, 0.25) is 5.02 Å². The molecule has 0 spiro atoms. The smallest absolute Gasteiger partial charge is 0.338 e. The lowest BCUT2D eigenvalue weighted by Gasteiger charge is -2.22. The highest BCUT2D eigenvalue weighted by Gasteiger charge is 2.19. The van der Waals surface area contributed by atoms with Crippen LogP contribution in [0, 0.1) is 0 Å². The predicted molar refractivity (Wildman–Crippen MR) is 110 cm³/mol. The third-order valence-electron chi connectivity index (χ3n) is 4.70. The number of carbonyl (C=O) groups is 1. The number of benzene rings is 2. The van der Waals surface area contributed by atoms with E-state index >= 15 is 0 Å². The summed E-state index contributed by atoms with van der Waals surface area (Å²) in [7, 11) is 0. The standard InChI is InChI=1S/C22H26ClNO4/c23-17-8-10-18(11-9-17)26-13-4-14-27-21-15-16(7-12-20(21)24)22(25)28-19-5-2-1-3-6-19/h7-12,15,19H,1-6,13-14,24H2. The van der Waals surface area contributed by atoms with Gasteiger partial charge in [-0.2, -0.15) is 0 Å². The van der Waals surface area contributed by atoms with E-state index in [0.29, 0.717) is 41.7 Å². The molecule has 0 amide bonds. The molecule has 0 aliphatic heterocycles. The molecule has 1 saturated carbocycles. The Morgan fingerprint density at radius 3 is 2.46 bits per heavy atom. The van der Waals surface area contributed by atoms with E-state index in [1.807, 2.05) is 12.1 Å². The summed E-state index contributed by atoms with van der Waals surface area (Å²) in [5, 5.41) is 0.674. The molecule has 2 N–H and O–H groups in total. The van der Waals surface area contributed by atoms with E-state index in [0.717, 1.165) is 31.4 Å². The van der Waals surface area contributed by atoms with Gasteiger partial charge < -0.3 is 19.9 Å². The fourth-order valence-corrected chi connectivity index (χ4v) is 3.28. The molecule has 2 aromatic carbocycles. The lowest BCUT2D eigenvalue weighted by atomic mass is 9.98. The second-order valence-corrected chi connectivity index (χ2v) is 7.36. The Hall–Kier alpha value is -2.40. The molecule has 0 radical (unpaired) electrons. The highest BCUT2D eigenvalue weighted by Crippen LogP contribution is 2.26. The monoisotopic (exact) mass is 403 g/mol. The average molecular weight is 404 g/mol. The molecule has 0 unspecified atom stereocenters. The maximum atomic E-state index is 12.4. The molecule has 28 heavy (non-hydrogen) atoms. The zero-order valence-electron chi connectivity index (χ0n) is 15.9.